The molecule has 1 fully saturated rings. The predicted molar refractivity (Wildman–Crippen MR) is 76.9 cm³/mol. The fourth-order valence-electron chi connectivity index (χ4n) is 2.40. The lowest BCUT2D eigenvalue weighted by molar-refractivity contribution is 0.157. The highest BCUT2D eigenvalue weighted by Gasteiger charge is 2.23. The Labute approximate surface area is 121 Å². The number of halogens is 3. The van der Waals surface area contributed by atoms with Gasteiger partial charge in [0.05, 0.1) is 6.67 Å². The quantitative estimate of drug-likeness (QED) is 0.907. The van der Waals surface area contributed by atoms with E-state index in [1.807, 2.05) is 18.2 Å². The van der Waals surface area contributed by atoms with Gasteiger partial charge in [0.15, 0.2) is 0 Å². The molecule has 0 radical (unpaired) electrons. The molecule has 100 valence electrons. The van der Waals surface area contributed by atoms with Crippen molar-refractivity contribution in [1.29, 1.82) is 0 Å². The highest BCUT2D eigenvalue weighted by Crippen LogP contribution is 2.32. The Morgan fingerprint density at radius 2 is 2.11 bits per heavy atom. The largest absolute Gasteiger partial charge is 0.314 e. The SMILES string of the molecule is FCC[C@H](c1cc(Br)ccc1Cl)N1CCNCC1. The number of benzene rings is 1. The summed E-state index contributed by atoms with van der Waals surface area (Å²) in [5.74, 6) is 0. The molecule has 0 saturated carbocycles. The average Bonchev–Trinajstić information content (AvgIpc) is 2.40. The van der Waals surface area contributed by atoms with Crippen molar-refractivity contribution in [3.63, 3.8) is 0 Å². The summed E-state index contributed by atoms with van der Waals surface area (Å²) >= 11 is 9.72. The fraction of sp³-hybridized carbons (Fsp3) is 0.538. The van der Waals surface area contributed by atoms with Crippen molar-refractivity contribution in [2.75, 3.05) is 32.9 Å². The second kappa shape index (κ2) is 6.85. The smallest absolute Gasteiger partial charge is 0.0912 e. The molecule has 2 rings (SSSR count). The molecule has 0 aliphatic carbocycles. The lowest BCUT2D eigenvalue weighted by Crippen LogP contribution is -2.45. The molecule has 0 amide bonds. The zero-order chi connectivity index (χ0) is 13.0. The lowest BCUT2D eigenvalue weighted by atomic mass is 10.0. The van der Waals surface area contributed by atoms with Crippen molar-refractivity contribution in [2.45, 2.75) is 12.5 Å². The van der Waals surface area contributed by atoms with Crippen LogP contribution in [0, 0.1) is 0 Å². The molecule has 1 atom stereocenters. The van der Waals surface area contributed by atoms with Crippen molar-refractivity contribution >= 4 is 27.5 Å². The maximum absolute atomic E-state index is 12.8. The third-order valence-corrected chi connectivity index (χ3v) is 4.13. The molecule has 1 saturated heterocycles. The van der Waals surface area contributed by atoms with Gasteiger partial charge in [-0.25, -0.2) is 0 Å². The number of hydrogen-bond donors (Lipinski definition) is 1. The van der Waals surface area contributed by atoms with Gasteiger partial charge in [0.1, 0.15) is 0 Å². The number of hydrogen-bond acceptors (Lipinski definition) is 2. The number of rotatable bonds is 4. The van der Waals surface area contributed by atoms with Crippen LogP contribution in [0.4, 0.5) is 4.39 Å². The molecule has 1 aliphatic rings. The van der Waals surface area contributed by atoms with E-state index in [9.17, 15) is 4.39 Å². The third-order valence-electron chi connectivity index (χ3n) is 3.29. The Morgan fingerprint density at radius 1 is 1.39 bits per heavy atom. The van der Waals surface area contributed by atoms with Crippen molar-refractivity contribution in [1.82, 2.24) is 10.2 Å². The monoisotopic (exact) mass is 334 g/mol. The molecule has 1 aromatic rings. The fourth-order valence-corrected chi connectivity index (χ4v) is 3.02. The van der Waals surface area contributed by atoms with E-state index in [-0.39, 0.29) is 12.7 Å². The minimum absolute atomic E-state index is 0.0714. The van der Waals surface area contributed by atoms with Crippen LogP contribution in [0.5, 0.6) is 0 Å². The van der Waals surface area contributed by atoms with Crippen LogP contribution >= 0.6 is 27.5 Å². The first kappa shape index (κ1) is 14.3. The van der Waals surface area contributed by atoms with E-state index in [0.717, 1.165) is 41.2 Å². The van der Waals surface area contributed by atoms with Gasteiger partial charge in [-0.15, -0.1) is 0 Å². The van der Waals surface area contributed by atoms with Gasteiger partial charge in [-0.3, -0.25) is 9.29 Å². The Hall–Kier alpha value is -0.160. The summed E-state index contributed by atoms with van der Waals surface area (Å²) in [5, 5.41) is 4.03. The van der Waals surface area contributed by atoms with Crippen LogP contribution < -0.4 is 5.32 Å². The molecule has 1 heterocycles. The van der Waals surface area contributed by atoms with Crippen LogP contribution in [0.1, 0.15) is 18.0 Å². The number of nitrogens with zero attached hydrogens (tertiary/aromatic N) is 1. The van der Waals surface area contributed by atoms with E-state index < -0.39 is 0 Å². The summed E-state index contributed by atoms with van der Waals surface area (Å²) in [6, 6.07) is 5.86. The van der Waals surface area contributed by atoms with Gasteiger partial charge in [-0.05, 0) is 30.2 Å². The van der Waals surface area contributed by atoms with Crippen LogP contribution in [-0.4, -0.2) is 37.8 Å². The van der Waals surface area contributed by atoms with E-state index in [1.165, 1.54) is 0 Å². The van der Waals surface area contributed by atoms with E-state index in [0.29, 0.717) is 6.42 Å². The first-order chi connectivity index (χ1) is 8.72. The second-order valence-electron chi connectivity index (χ2n) is 4.45. The average molecular weight is 336 g/mol. The minimum Gasteiger partial charge on any atom is -0.314 e. The first-order valence-corrected chi connectivity index (χ1v) is 7.35. The molecular weight excluding hydrogens is 319 g/mol. The molecule has 0 unspecified atom stereocenters. The van der Waals surface area contributed by atoms with E-state index in [4.69, 9.17) is 11.6 Å². The molecule has 2 nitrogen and oxygen atoms in total. The molecule has 0 bridgehead atoms. The Balaban J connectivity index is 2.24. The summed E-state index contributed by atoms with van der Waals surface area (Å²) in [7, 11) is 0. The van der Waals surface area contributed by atoms with Crippen LogP contribution in [0.2, 0.25) is 5.02 Å². The summed E-state index contributed by atoms with van der Waals surface area (Å²) in [6.07, 6.45) is 0.496. The van der Waals surface area contributed by atoms with Gasteiger partial charge in [0, 0.05) is 41.7 Å². The number of piperazine rings is 1. The summed E-state index contributed by atoms with van der Waals surface area (Å²) in [6.45, 7) is 3.46. The first-order valence-electron chi connectivity index (χ1n) is 6.18. The van der Waals surface area contributed by atoms with Crippen LogP contribution in [0.3, 0.4) is 0 Å². The summed E-state index contributed by atoms with van der Waals surface area (Å²) < 4.78 is 13.8. The Kier molecular flexibility index (Phi) is 5.42. The second-order valence-corrected chi connectivity index (χ2v) is 5.77. The van der Waals surface area contributed by atoms with Crippen molar-refractivity contribution < 1.29 is 4.39 Å². The van der Waals surface area contributed by atoms with Gasteiger partial charge < -0.3 is 5.32 Å². The Morgan fingerprint density at radius 3 is 2.78 bits per heavy atom. The van der Waals surface area contributed by atoms with E-state index in [1.54, 1.807) is 0 Å². The van der Waals surface area contributed by atoms with Crippen molar-refractivity contribution in [3.8, 4) is 0 Å². The highest BCUT2D eigenvalue weighted by atomic mass is 79.9. The van der Waals surface area contributed by atoms with E-state index in [2.05, 4.69) is 26.1 Å². The van der Waals surface area contributed by atoms with Gasteiger partial charge in [0.2, 0.25) is 0 Å². The molecule has 1 N–H and O–H groups in total. The molecule has 5 heteroatoms. The summed E-state index contributed by atoms with van der Waals surface area (Å²) in [5.41, 5.74) is 1.02. The van der Waals surface area contributed by atoms with Crippen LogP contribution in [0.15, 0.2) is 22.7 Å². The minimum atomic E-state index is -0.322. The molecule has 18 heavy (non-hydrogen) atoms. The molecule has 0 spiro atoms. The number of nitrogens with one attached hydrogen (secondary N) is 1. The van der Waals surface area contributed by atoms with E-state index >= 15 is 0 Å². The van der Waals surface area contributed by atoms with Gasteiger partial charge >= 0.3 is 0 Å². The van der Waals surface area contributed by atoms with Crippen molar-refractivity contribution in [3.05, 3.63) is 33.3 Å². The van der Waals surface area contributed by atoms with Gasteiger partial charge in [-0.2, -0.15) is 0 Å². The number of alkyl halides is 1. The lowest BCUT2D eigenvalue weighted by Gasteiger charge is -2.35. The molecule has 0 aromatic heterocycles. The normalized spacial score (nSPS) is 18.8. The topological polar surface area (TPSA) is 15.3 Å². The van der Waals surface area contributed by atoms with Crippen LogP contribution in [0.25, 0.3) is 0 Å². The molecule has 1 aromatic carbocycles. The third kappa shape index (κ3) is 3.44. The van der Waals surface area contributed by atoms with Gasteiger partial charge in [-0.1, -0.05) is 27.5 Å². The Bertz CT molecular complexity index is 397. The highest BCUT2D eigenvalue weighted by molar-refractivity contribution is 9.10. The zero-order valence-corrected chi connectivity index (χ0v) is 12.5. The predicted octanol–water partition coefficient (Wildman–Crippen LogP) is 3.41. The molecule has 1 aliphatic heterocycles. The van der Waals surface area contributed by atoms with Gasteiger partial charge in [0.25, 0.3) is 0 Å². The molecular formula is C13H17BrClFN2. The standard InChI is InChI=1S/C13H17BrClFN2/c14-10-1-2-12(15)11(9-10)13(3-4-16)18-7-5-17-6-8-18/h1-2,9,13,17H,3-8H2/t13-/m1/s1. The maximum atomic E-state index is 12.8. The summed E-state index contributed by atoms with van der Waals surface area (Å²) in [4.78, 5) is 2.31. The van der Waals surface area contributed by atoms with Crippen LogP contribution in [-0.2, 0) is 0 Å². The zero-order valence-electron chi connectivity index (χ0n) is 10.1. The van der Waals surface area contributed by atoms with Crippen molar-refractivity contribution in [2.24, 2.45) is 0 Å². The maximum Gasteiger partial charge on any atom is 0.0912 e.